The largest absolute Gasteiger partial charge is 0.326 e. The number of hydrogen-bond acceptors (Lipinski definition) is 12. The molecule has 0 radical (unpaired) electrons. The number of fused-ring (bicyclic) bond motifs is 7. The molecule has 1 fully saturated rings. The average Bonchev–Trinajstić information content (AvgIpc) is 1.65. The van der Waals surface area contributed by atoms with Gasteiger partial charge in [0.05, 0.1) is 77.2 Å². The van der Waals surface area contributed by atoms with Gasteiger partial charge in [-0.2, -0.15) is 0 Å². The summed E-state index contributed by atoms with van der Waals surface area (Å²) in [5.74, 6) is 6.79. The van der Waals surface area contributed by atoms with E-state index in [9.17, 15) is 13.2 Å². The molecule has 0 N–H and O–H groups in total. The molecule has 0 bridgehead atoms. The van der Waals surface area contributed by atoms with Gasteiger partial charge in [-0.1, -0.05) is 163 Å². The second kappa shape index (κ2) is 46.7. The standard InChI is InChI=1S/C20H22FN3.C19H22N2.C18H20FN3.C18H19FN2.3C17H19N3/c1-23-11-9-17(10-12-23)24-19-8-3-2-7-18(19)22-20(24)14-15-5-4-6-16(21)13-15;1-14-8-7-9-15(12-14)13-18-20-16-10-5-6-11-17(16)21(18)19(2,3)4;1-21(2)10-11-22-17-9-4-3-8-16(17)20-18(22)13-14-6-5-7-15(19)12-14;1-18(2,3)21-16-10-5-4-9-15(16)20-17(21)12-13-7-6-8-14(19)11-13;1-17(2,3)20-15-10-5-4-9-14(15)19-16(20)12-13-8-6-7-11-18-13;1-17(2,3)20-15-9-5-4-8-14(15)19-16(20)11-13-7-6-10-18-12-13;1-17(2,3)20-15-7-5-4-6-14(15)19-16(20)12-13-8-10-18-11-9-13/h2-8,13,17H,9-12,14H2,1H3;5-12H,13H2,1-4H3;3-9,12H,10-11,13H2,1-2H3;4-11H,12H2,1-3H3;4-11H,12H2,1-3H3;4-10,12H,11H2,1-3H3;4-11H,12H2,1-3H3. The van der Waals surface area contributed by atoms with Gasteiger partial charge in [-0.05, 0) is 343 Å². The molecule has 0 spiro atoms. The third-order valence-electron chi connectivity index (χ3n) is 26.2. The maximum atomic E-state index is 13.5. The number of piperidine rings is 1. The van der Waals surface area contributed by atoms with Crippen LogP contribution in [0.25, 0.3) is 77.2 Å². The van der Waals surface area contributed by atoms with Gasteiger partial charge in [0.2, 0.25) is 0 Å². The fraction of sp³-hybridized carbons (Fsp3) is 0.302. The van der Waals surface area contributed by atoms with Gasteiger partial charge < -0.3 is 41.8 Å². The molecule has 1 saturated heterocycles. The van der Waals surface area contributed by atoms with E-state index in [4.69, 9.17) is 34.9 Å². The van der Waals surface area contributed by atoms with Crippen molar-refractivity contribution in [1.29, 1.82) is 0 Å². The Morgan fingerprint density at radius 3 is 0.980 bits per heavy atom. The molecule has 0 amide bonds. The third kappa shape index (κ3) is 26.8. The maximum Gasteiger partial charge on any atom is 0.123 e. The second-order valence-corrected chi connectivity index (χ2v) is 43.7. The number of likely N-dealkylation sites (tertiary alicyclic amines) is 1. The Morgan fingerprint density at radius 1 is 0.291 bits per heavy atom. The van der Waals surface area contributed by atoms with Gasteiger partial charge in [-0.25, -0.2) is 48.1 Å². The first-order valence-electron chi connectivity index (χ1n) is 51.4. The molecule has 148 heavy (non-hydrogen) atoms. The van der Waals surface area contributed by atoms with E-state index in [1.807, 2.05) is 140 Å². The lowest BCUT2D eigenvalue weighted by atomic mass is 10.0. The Morgan fingerprint density at radius 2 is 0.608 bits per heavy atom. The summed E-state index contributed by atoms with van der Waals surface area (Å²) < 4.78 is 56.5. The van der Waals surface area contributed by atoms with Crippen LogP contribution in [0.5, 0.6) is 0 Å². The highest BCUT2D eigenvalue weighted by atomic mass is 19.1. The molecule has 0 saturated carbocycles. The molecule has 11 heterocycles. The summed E-state index contributed by atoms with van der Waals surface area (Å²) >= 11 is 0. The first-order valence-corrected chi connectivity index (χ1v) is 51.4. The first kappa shape index (κ1) is 106. The lowest BCUT2D eigenvalue weighted by Crippen LogP contribution is -2.32. The van der Waals surface area contributed by atoms with Crippen molar-refractivity contribution in [2.75, 3.05) is 40.8 Å². The molecule has 1 aliphatic rings. The number of halogens is 3. The lowest BCUT2D eigenvalue weighted by molar-refractivity contribution is 0.222. The second-order valence-electron chi connectivity index (χ2n) is 43.7. The minimum Gasteiger partial charge on any atom is -0.326 e. The zero-order chi connectivity index (χ0) is 105. The molecule has 0 unspecified atom stereocenters. The lowest BCUT2D eigenvalue weighted by Gasteiger charge is -2.31. The van der Waals surface area contributed by atoms with Crippen molar-refractivity contribution in [1.82, 2.24) is 91.6 Å². The van der Waals surface area contributed by atoms with Crippen molar-refractivity contribution in [2.45, 2.75) is 209 Å². The van der Waals surface area contributed by atoms with Crippen LogP contribution < -0.4 is 0 Å². The van der Waals surface area contributed by atoms with Crippen LogP contribution in [0.15, 0.2) is 340 Å². The molecule has 21 aromatic rings. The summed E-state index contributed by atoms with van der Waals surface area (Å²) in [5, 5.41) is 0. The van der Waals surface area contributed by atoms with Crippen LogP contribution in [0.3, 0.4) is 0 Å². The third-order valence-corrected chi connectivity index (χ3v) is 26.2. The Hall–Kier alpha value is -15.1. The monoisotopic (exact) mass is 1980 g/mol. The van der Waals surface area contributed by atoms with Gasteiger partial charge in [0.1, 0.15) is 58.2 Å². The van der Waals surface area contributed by atoms with Gasteiger partial charge in [0.25, 0.3) is 0 Å². The van der Waals surface area contributed by atoms with Crippen molar-refractivity contribution in [3.63, 3.8) is 0 Å². The number of aromatic nitrogens is 17. The van der Waals surface area contributed by atoms with E-state index in [1.54, 1.807) is 42.6 Å². The molecule has 22 rings (SSSR count). The molecule has 1 aliphatic heterocycles. The number of para-hydroxylation sites is 14. The molecule has 0 atom stereocenters. The number of hydrogen-bond donors (Lipinski definition) is 0. The van der Waals surface area contributed by atoms with Crippen LogP contribution in [-0.4, -0.2) is 132 Å². The minimum atomic E-state index is -0.203. The quantitative estimate of drug-likeness (QED) is 0.0798. The molecular formula is C126H140F3N19. The van der Waals surface area contributed by atoms with E-state index in [1.165, 1.54) is 68.0 Å². The summed E-state index contributed by atoms with van der Waals surface area (Å²) in [7, 11) is 6.30. The predicted molar refractivity (Wildman–Crippen MR) is 600 cm³/mol. The summed E-state index contributed by atoms with van der Waals surface area (Å²) in [4.78, 5) is 50.8. The van der Waals surface area contributed by atoms with Crippen molar-refractivity contribution < 1.29 is 13.2 Å². The number of rotatable bonds is 18. The zero-order valence-electron chi connectivity index (χ0n) is 89.2. The smallest absolute Gasteiger partial charge is 0.123 e. The molecule has 10 aromatic heterocycles. The fourth-order valence-corrected chi connectivity index (χ4v) is 19.9. The minimum absolute atomic E-state index is 0.000215. The summed E-state index contributed by atoms with van der Waals surface area (Å²) in [5.41, 5.74) is 24.4. The summed E-state index contributed by atoms with van der Waals surface area (Å²) in [6.45, 7) is 39.3. The topological polar surface area (TPSA) is 170 Å². The average molecular weight is 1980 g/mol. The number of nitrogens with zero attached hydrogens (tertiary/aromatic N) is 19. The predicted octanol–water partition coefficient (Wildman–Crippen LogP) is 27.9. The van der Waals surface area contributed by atoms with Crippen LogP contribution in [0.4, 0.5) is 13.2 Å². The molecular weight excluding hydrogens is 1840 g/mol. The Kier molecular flexibility index (Phi) is 33.4. The molecule has 22 heteroatoms. The molecule has 19 nitrogen and oxygen atoms in total. The normalized spacial score (nSPS) is 12.7. The van der Waals surface area contributed by atoms with Gasteiger partial charge in [-0.15, -0.1) is 0 Å². The number of aryl methyl sites for hydroxylation is 1. The summed E-state index contributed by atoms with van der Waals surface area (Å²) in [6.07, 6.45) is 16.7. The van der Waals surface area contributed by atoms with E-state index in [-0.39, 0.29) is 45.1 Å². The Balaban J connectivity index is 0.000000123. The number of imidazole rings is 7. The summed E-state index contributed by atoms with van der Waals surface area (Å²) in [6, 6.07) is 102. The van der Waals surface area contributed by atoms with Crippen LogP contribution in [-0.2, 0) is 79.2 Å². The van der Waals surface area contributed by atoms with Gasteiger partial charge in [0.15, 0.2) is 0 Å². The van der Waals surface area contributed by atoms with E-state index in [0.29, 0.717) is 25.3 Å². The van der Waals surface area contributed by atoms with E-state index >= 15 is 0 Å². The number of pyridine rings is 3. The van der Waals surface area contributed by atoms with E-state index in [2.05, 4.69) is 328 Å². The van der Waals surface area contributed by atoms with E-state index < -0.39 is 0 Å². The highest BCUT2D eigenvalue weighted by Crippen LogP contribution is 2.36. The van der Waals surface area contributed by atoms with Gasteiger partial charge in [0, 0.05) is 128 Å². The highest BCUT2D eigenvalue weighted by molar-refractivity contribution is 5.81. The first-order chi connectivity index (χ1) is 70.9. The van der Waals surface area contributed by atoms with Crippen LogP contribution in [0, 0.1) is 24.4 Å². The van der Waals surface area contributed by atoms with E-state index in [0.717, 1.165) is 178 Å². The number of likely N-dealkylation sites (N-methyl/N-ethyl adjacent to an activating group) is 1. The molecule has 0 aliphatic carbocycles. The molecule has 760 valence electrons. The highest BCUT2D eigenvalue weighted by Gasteiger charge is 2.30. The number of benzene rings is 11. The van der Waals surface area contributed by atoms with Crippen molar-refractivity contribution in [3.05, 3.63) is 443 Å². The van der Waals surface area contributed by atoms with Crippen LogP contribution >= 0.6 is 0 Å². The van der Waals surface area contributed by atoms with Crippen molar-refractivity contribution in [3.8, 4) is 0 Å². The molecule has 11 aromatic carbocycles. The van der Waals surface area contributed by atoms with Crippen molar-refractivity contribution in [2.24, 2.45) is 0 Å². The Bertz CT molecular complexity index is 7530. The SMILES string of the molecule is CC(C)(C)n1c(Cc2cccc(F)c2)nc2ccccc21.CC(C)(C)n1c(Cc2ccccn2)nc2ccccc21.CC(C)(C)n1c(Cc2cccnc2)nc2ccccc21.CC(C)(C)n1c(Cc2ccncc2)nc2ccccc21.CN(C)CCn1c(Cc2cccc(F)c2)nc2ccccc21.CN1CCC(n2c(Cc3cccc(F)c3)nc3ccccc32)CC1.Cc1cccc(Cc2nc3ccccc3n2C(C)(C)C)c1. The van der Waals surface area contributed by atoms with Crippen LogP contribution in [0.1, 0.15) is 208 Å². The van der Waals surface area contributed by atoms with Crippen molar-refractivity contribution >= 4 is 77.2 Å². The Labute approximate surface area is 869 Å². The zero-order valence-corrected chi connectivity index (χ0v) is 89.2. The fourth-order valence-electron chi connectivity index (χ4n) is 19.9. The van der Waals surface area contributed by atoms with Crippen LogP contribution in [0.2, 0.25) is 0 Å². The van der Waals surface area contributed by atoms with Gasteiger partial charge in [-0.3, -0.25) is 15.0 Å². The van der Waals surface area contributed by atoms with Gasteiger partial charge >= 0.3 is 0 Å². The maximum absolute atomic E-state index is 13.5.